The van der Waals surface area contributed by atoms with Crippen LogP contribution >= 0.6 is 0 Å². The smallest absolute Gasteiger partial charge is 0.319 e. The van der Waals surface area contributed by atoms with Crippen molar-refractivity contribution in [3.8, 4) is 0 Å². The van der Waals surface area contributed by atoms with Gasteiger partial charge in [0.25, 0.3) is 0 Å². The fourth-order valence-corrected chi connectivity index (χ4v) is 3.68. The number of urea groups is 1. The van der Waals surface area contributed by atoms with E-state index < -0.39 is 0 Å². The number of anilines is 1. The molecule has 4 rings (SSSR count). The van der Waals surface area contributed by atoms with Crippen molar-refractivity contribution in [1.29, 1.82) is 0 Å². The molecule has 2 aromatic carbocycles. The first kappa shape index (κ1) is 18.7. The van der Waals surface area contributed by atoms with Crippen LogP contribution in [-0.4, -0.2) is 22.5 Å². The highest BCUT2D eigenvalue weighted by Crippen LogP contribution is 2.30. The predicted octanol–water partition coefficient (Wildman–Crippen LogP) is 5.08. The van der Waals surface area contributed by atoms with Crippen molar-refractivity contribution in [3.05, 3.63) is 95.9 Å². The zero-order valence-electron chi connectivity index (χ0n) is 16.4. The number of para-hydroxylation sites is 2. The number of nitrogens with one attached hydrogen (secondary N) is 3. The van der Waals surface area contributed by atoms with Crippen LogP contribution in [0, 0.1) is 0 Å². The van der Waals surface area contributed by atoms with E-state index in [-0.39, 0.29) is 11.9 Å². The number of hydrogen-bond donors (Lipinski definition) is 3. The molecule has 0 aliphatic rings. The van der Waals surface area contributed by atoms with Crippen LogP contribution in [0.2, 0.25) is 0 Å². The number of benzene rings is 2. The molecule has 0 aliphatic carbocycles. The number of amides is 2. The second-order valence-corrected chi connectivity index (χ2v) is 6.97. The van der Waals surface area contributed by atoms with Gasteiger partial charge in [-0.05, 0) is 41.3 Å². The lowest BCUT2D eigenvalue weighted by molar-refractivity contribution is 0.252. The largest absolute Gasteiger partial charge is 0.361 e. The van der Waals surface area contributed by atoms with Crippen LogP contribution in [0.1, 0.15) is 29.5 Å². The van der Waals surface area contributed by atoms with Crippen molar-refractivity contribution in [2.75, 3.05) is 11.9 Å². The predicted molar refractivity (Wildman–Crippen MR) is 117 cm³/mol. The Morgan fingerprint density at radius 2 is 1.90 bits per heavy atom. The number of carbonyl (C=O) groups excluding carboxylic acids is 1. The van der Waals surface area contributed by atoms with Gasteiger partial charge in [-0.15, -0.1) is 0 Å². The summed E-state index contributed by atoms with van der Waals surface area (Å²) in [5.41, 5.74) is 5.24. The van der Waals surface area contributed by atoms with Crippen molar-refractivity contribution in [3.63, 3.8) is 0 Å². The average Bonchev–Trinajstić information content (AvgIpc) is 3.19. The molecule has 0 saturated heterocycles. The molecule has 2 aromatic heterocycles. The Kier molecular flexibility index (Phi) is 5.56. The molecule has 0 radical (unpaired) electrons. The van der Waals surface area contributed by atoms with Gasteiger partial charge in [0.1, 0.15) is 0 Å². The molecule has 0 spiro atoms. The number of pyridine rings is 1. The van der Waals surface area contributed by atoms with Crippen LogP contribution in [0.4, 0.5) is 10.5 Å². The Bertz CT molecular complexity index is 1100. The minimum Gasteiger partial charge on any atom is -0.361 e. The lowest BCUT2D eigenvalue weighted by Crippen LogP contribution is -2.33. The normalized spacial score (nSPS) is 11.9. The maximum atomic E-state index is 12.6. The minimum absolute atomic E-state index is 0.00739. The molecule has 4 aromatic rings. The highest BCUT2D eigenvalue weighted by Gasteiger charge is 2.19. The first-order valence-electron chi connectivity index (χ1n) is 9.85. The molecule has 0 bridgehead atoms. The molecule has 0 saturated carbocycles. The van der Waals surface area contributed by atoms with Gasteiger partial charge in [0, 0.05) is 47.6 Å². The van der Waals surface area contributed by atoms with Gasteiger partial charge in [-0.1, -0.05) is 49.4 Å². The molecule has 5 heteroatoms. The van der Waals surface area contributed by atoms with E-state index in [1.54, 1.807) is 6.20 Å². The number of H-pyrrole nitrogens is 1. The Balaban J connectivity index is 1.56. The van der Waals surface area contributed by atoms with Gasteiger partial charge < -0.3 is 15.6 Å². The van der Waals surface area contributed by atoms with E-state index in [0.717, 1.165) is 39.7 Å². The van der Waals surface area contributed by atoms with Crippen molar-refractivity contribution in [2.24, 2.45) is 0 Å². The van der Waals surface area contributed by atoms with Gasteiger partial charge in [-0.25, -0.2) is 4.79 Å². The van der Waals surface area contributed by atoms with Gasteiger partial charge in [0.15, 0.2) is 0 Å². The Morgan fingerprint density at radius 1 is 1.07 bits per heavy atom. The molecular weight excluding hydrogens is 360 g/mol. The second-order valence-electron chi connectivity index (χ2n) is 6.97. The van der Waals surface area contributed by atoms with Crippen molar-refractivity contribution < 1.29 is 4.79 Å². The molecule has 2 amide bonds. The Labute approximate surface area is 170 Å². The summed E-state index contributed by atoms with van der Waals surface area (Å²) >= 11 is 0. The van der Waals surface area contributed by atoms with Crippen molar-refractivity contribution >= 4 is 22.6 Å². The van der Waals surface area contributed by atoms with Gasteiger partial charge in [0.2, 0.25) is 0 Å². The number of aromatic amines is 1. The lowest BCUT2D eigenvalue weighted by Gasteiger charge is -2.18. The third-order valence-electron chi connectivity index (χ3n) is 5.20. The highest BCUT2D eigenvalue weighted by atomic mass is 16.2. The van der Waals surface area contributed by atoms with Crippen molar-refractivity contribution in [2.45, 2.75) is 19.3 Å². The monoisotopic (exact) mass is 384 g/mol. The number of aromatic nitrogens is 2. The lowest BCUT2D eigenvalue weighted by atomic mass is 9.92. The van der Waals surface area contributed by atoms with E-state index >= 15 is 0 Å². The molecule has 0 fully saturated rings. The molecule has 3 N–H and O–H groups in total. The maximum absolute atomic E-state index is 12.6. The third-order valence-corrected chi connectivity index (χ3v) is 5.20. The fraction of sp³-hybridized carbons (Fsp3) is 0.167. The summed E-state index contributed by atoms with van der Waals surface area (Å²) < 4.78 is 0. The van der Waals surface area contributed by atoms with Gasteiger partial charge in [0.05, 0.1) is 0 Å². The average molecular weight is 384 g/mol. The quantitative estimate of drug-likeness (QED) is 0.434. The summed E-state index contributed by atoms with van der Waals surface area (Å²) in [4.78, 5) is 20.2. The highest BCUT2D eigenvalue weighted by molar-refractivity contribution is 5.90. The van der Waals surface area contributed by atoms with E-state index in [1.165, 1.54) is 0 Å². The van der Waals surface area contributed by atoms with E-state index in [9.17, 15) is 4.79 Å². The Morgan fingerprint density at radius 3 is 2.72 bits per heavy atom. The van der Waals surface area contributed by atoms with Crippen LogP contribution in [-0.2, 0) is 6.42 Å². The summed E-state index contributed by atoms with van der Waals surface area (Å²) in [7, 11) is 0. The number of hydrogen-bond acceptors (Lipinski definition) is 2. The summed E-state index contributed by atoms with van der Waals surface area (Å²) in [6, 6.07) is 19.8. The van der Waals surface area contributed by atoms with Crippen molar-refractivity contribution in [1.82, 2.24) is 15.3 Å². The number of nitrogens with zero attached hydrogens (tertiary/aromatic N) is 1. The summed E-state index contributed by atoms with van der Waals surface area (Å²) in [6.45, 7) is 2.54. The van der Waals surface area contributed by atoms with E-state index in [4.69, 9.17) is 0 Å². The number of rotatable bonds is 6. The van der Waals surface area contributed by atoms with Crippen LogP contribution in [0.5, 0.6) is 0 Å². The first-order chi connectivity index (χ1) is 14.3. The molecular formula is C24H24N4O. The van der Waals surface area contributed by atoms with Crippen LogP contribution in [0.3, 0.4) is 0 Å². The molecule has 146 valence electrons. The zero-order valence-corrected chi connectivity index (χ0v) is 16.4. The SMILES string of the molecule is CCc1ccccc1NC(=O)NC[C@@H](c1cccnc1)c1c[nH]c2ccccc12. The summed E-state index contributed by atoms with van der Waals surface area (Å²) in [5.74, 6) is -0.00739. The molecule has 2 heterocycles. The fourth-order valence-electron chi connectivity index (χ4n) is 3.68. The van der Waals surface area contributed by atoms with Crippen LogP contribution in [0.15, 0.2) is 79.3 Å². The summed E-state index contributed by atoms with van der Waals surface area (Å²) in [5, 5.41) is 7.17. The molecule has 1 atom stereocenters. The maximum Gasteiger partial charge on any atom is 0.319 e. The zero-order chi connectivity index (χ0) is 20.1. The molecule has 0 unspecified atom stereocenters. The Hall–Kier alpha value is -3.60. The van der Waals surface area contributed by atoms with Gasteiger partial charge in [-0.2, -0.15) is 0 Å². The molecule has 0 aliphatic heterocycles. The molecule has 29 heavy (non-hydrogen) atoms. The second kappa shape index (κ2) is 8.61. The van der Waals surface area contributed by atoms with E-state index in [2.05, 4.69) is 39.7 Å². The van der Waals surface area contributed by atoms with Gasteiger partial charge in [-0.3, -0.25) is 4.98 Å². The molecule has 5 nitrogen and oxygen atoms in total. The van der Waals surface area contributed by atoms with Crippen LogP contribution in [0.25, 0.3) is 10.9 Å². The standard InChI is InChI=1S/C24H24N4O/c1-2-17-8-3-5-11-22(17)28-24(29)27-15-20(18-9-7-13-25-14-18)21-16-26-23-12-6-4-10-19(21)23/h3-14,16,20,26H,2,15H2,1H3,(H2,27,28,29)/t20-/m0/s1. The third kappa shape index (κ3) is 4.14. The number of aryl methyl sites for hydroxylation is 1. The van der Waals surface area contributed by atoms with E-state index in [1.807, 2.05) is 60.9 Å². The van der Waals surface area contributed by atoms with E-state index in [0.29, 0.717) is 6.54 Å². The summed E-state index contributed by atoms with van der Waals surface area (Å²) in [6.07, 6.45) is 6.51. The van der Waals surface area contributed by atoms with Crippen LogP contribution < -0.4 is 10.6 Å². The first-order valence-corrected chi connectivity index (χ1v) is 9.85. The van der Waals surface area contributed by atoms with Gasteiger partial charge >= 0.3 is 6.03 Å². The number of carbonyl (C=O) groups is 1. The minimum atomic E-state index is -0.209. The number of fused-ring (bicyclic) bond motifs is 1. The topological polar surface area (TPSA) is 69.8 Å².